The average molecular weight is 690 g/mol. The minimum atomic E-state index is 0.713. The van der Waals surface area contributed by atoms with Crippen LogP contribution in [-0.4, -0.2) is 15.0 Å². The third-order valence-electron chi connectivity index (χ3n) is 9.72. The van der Waals surface area contributed by atoms with Gasteiger partial charge in [-0.05, 0) is 57.6 Å². The molecule has 0 saturated heterocycles. The minimum Gasteiger partial charge on any atom is -0.248 e. The van der Waals surface area contributed by atoms with Crippen molar-refractivity contribution in [3.63, 3.8) is 0 Å². The van der Waals surface area contributed by atoms with E-state index < -0.39 is 0 Å². The Morgan fingerprint density at radius 1 is 0.185 bits per heavy atom. The zero-order valence-electron chi connectivity index (χ0n) is 29.5. The molecule has 0 aliphatic rings. The number of nitrogens with zero attached hydrogens (tertiary/aromatic N) is 3. The third-order valence-corrected chi connectivity index (χ3v) is 9.72. The molecule has 0 atom stereocenters. The van der Waals surface area contributed by atoms with Gasteiger partial charge in [-0.1, -0.05) is 188 Å². The molecule has 254 valence electrons. The summed E-state index contributed by atoms with van der Waals surface area (Å²) in [7, 11) is 0. The van der Waals surface area contributed by atoms with E-state index >= 15 is 0 Å². The van der Waals surface area contributed by atoms with Crippen LogP contribution in [0.5, 0.6) is 0 Å². The Labute approximate surface area is 316 Å². The van der Waals surface area contributed by atoms with E-state index in [2.05, 4.69) is 164 Å². The van der Waals surface area contributed by atoms with Gasteiger partial charge in [0.1, 0.15) is 0 Å². The van der Waals surface area contributed by atoms with Gasteiger partial charge in [-0.15, -0.1) is 0 Å². The van der Waals surface area contributed by atoms with Crippen molar-refractivity contribution in [1.29, 1.82) is 0 Å². The number of hydrogen-bond acceptors (Lipinski definition) is 3. The number of rotatable bonds is 8. The second-order valence-corrected chi connectivity index (χ2v) is 13.3. The van der Waals surface area contributed by atoms with E-state index in [0.717, 1.165) is 72.8 Å². The highest BCUT2D eigenvalue weighted by atomic mass is 14.9. The Balaban J connectivity index is 1.00. The average Bonchev–Trinajstić information content (AvgIpc) is 3.27. The van der Waals surface area contributed by atoms with Gasteiger partial charge in [-0.2, -0.15) is 0 Å². The summed E-state index contributed by atoms with van der Waals surface area (Å²) in [6.45, 7) is 0. The fourth-order valence-electron chi connectivity index (χ4n) is 6.85. The van der Waals surface area contributed by atoms with Crippen LogP contribution in [0.1, 0.15) is 0 Å². The highest BCUT2D eigenvalue weighted by molar-refractivity contribution is 5.80. The molecule has 0 radical (unpaired) electrons. The molecule has 0 N–H and O–H groups in total. The summed E-state index contributed by atoms with van der Waals surface area (Å²) in [5.74, 6) is 0.713. The molecule has 2 heterocycles. The van der Waals surface area contributed by atoms with E-state index in [-0.39, 0.29) is 0 Å². The van der Waals surface area contributed by atoms with Gasteiger partial charge in [-0.25, -0.2) is 15.0 Å². The third kappa shape index (κ3) is 6.99. The van der Waals surface area contributed by atoms with Crippen molar-refractivity contribution in [2.75, 3.05) is 0 Å². The summed E-state index contributed by atoms with van der Waals surface area (Å²) in [4.78, 5) is 15.0. The monoisotopic (exact) mass is 689 g/mol. The second kappa shape index (κ2) is 14.8. The first-order valence-electron chi connectivity index (χ1n) is 18.2. The Morgan fingerprint density at radius 2 is 0.519 bits per heavy atom. The summed E-state index contributed by atoms with van der Waals surface area (Å²) in [5, 5.41) is 0. The molecule has 0 fully saturated rings. The Bertz CT molecular complexity index is 2540. The van der Waals surface area contributed by atoms with E-state index in [4.69, 9.17) is 15.0 Å². The lowest BCUT2D eigenvalue weighted by Gasteiger charge is -2.12. The lowest BCUT2D eigenvalue weighted by molar-refractivity contribution is 1.18. The molecule has 2 aromatic heterocycles. The molecule has 54 heavy (non-hydrogen) atoms. The highest BCUT2D eigenvalue weighted by Crippen LogP contribution is 2.34. The molecule has 0 aliphatic carbocycles. The molecule has 0 aliphatic heterocycles. The molecule has 9 rings (SSSR count). The van der Waals surface area contributed by atoms with Crippen molar-refractivity contribution in [2.24, 2.45) is 0 Å². The van der Waals surface area contributed by atoms with Gasteiger partial charge in [0.25, 0.3) is 0 Å². The topological polar surface area (TPSA) is 38.7 Å². The zero-order chi connectivity index (χ0) is 36.1. The fourth-order valence-corrected chi connectivity index (χ4v) is 6.85. The summed E-state index contributed by atoms with van der Waals surface area (Å²) in [6, 6.07) is 74.0. The first kappa shape index (κ1) is 32.7. The van der Waals surface area contributed by atoms with Crippen LogP contribution in [0.3, 0.4) is 0 Å². The maximum Gasteiger partial charge on any atom is 0.160 e. The maximum atomic E-state index is 5.05. The molecule has 9 aromatic rings. The predicted molar refractivity (Wildman–Crippen MR) is 223 cm³/mol. The molecule has 0 saturated carbocycles. The Morgan fingerprint density at radius 3 is 0.981 bits per heavy atom. The van der Waals surface area contributed by atoms with E-state index in [1.807, 2.05) is 48.5 Å². The molecule has 7 aromatic carbocycles. The minimum absolute atomic E-state index is 0.713. The van der Waals surface area contributed by atoms with Crippen molar-refractivity contribution in [3.05, 3.63) is 212 Å². The number of aromatic nitrogens is 3. The molecular formula is C51H35N3. The summed E-state index contributed by atoms with van der Waals surface area (Å²) >= 11 is 0. The van der Waals surface area contributed by atoms with Crippen LogP contribution in [0.2, 0.25) is 0 Å². The van der Waals surface area contributed by atoms with Crippen molar-refractivity contribution in [2.45, 2.75) is 0 Å². The van der Waals surface area contributed by atoms with Crippen molar-refractivity contribution in [3.8, 4) is 89.8 Å². The van der Waals surface area contributed by atoms with Gasteiger partial charge in [0.2, 0.25) is 0 Å². The Kier molecular flexibility index (Phi) is 8.94. The van der Waals surface area contributed by atoms with Gasteiger partial charge < -0.3 is 0 Å². The molecule has 3 nitrogen and oxygen atoms in total. The standard InChI is InChI=1S/C51H35N3/c1-5-14-40(15-6-1)47-33-46(34-48(52-47)41-16-7-2-8-17-41)39-30-26-37(27-31-39)36-24-28-38(29-25-36)44-22-13-23-45(32-44)50-35-49(42-18-9-3-10-19-42)53-51(54-50)43-20-11-4-12-21-43/h1-35H. The van der Waals surface area contributed by atoms with Crippen molar-refractivity contribution < 1.29 is 0 Å². The van der Waals surface area contributed by atoms with Crippen LogP contribution in [0, 0.1) is 0 Å². The van der Waals surface area contributed by atoms with Crippen LogP contribution in [0.25, 0.3) is 89.8 Å². The summed E-state index contributed by atoms with van der Waals surface area (Å²) in [6.07, 6.45) is 0. The lowest BCUT2D eigenvalue weighted by Crippen LogP contribution is -1.96. The van der Waals surface area contributed by atoms with Crippen LogP contribution in [0.4, 0.5) is 0 Å². The number of hydrogen-bond donors (Lipinski definition) is 0. The fraction of sp³-hybridized carbons (Fsp3) is 0. The van der Waals surface area contributed by atoms with Crippen molar-refractivity contribution >= 4 is 0 Å². The molecule has 3 heteroatoms. The molecule has 0 bridgehead atoms. The number of pyridine rings is 1. The summed E-state index contributed by atoms with van der Waals surface area (Å²) < 4.78 is 0. The van der Waals surface area contributed by atoms with Crippen LogP contribution in [0.15, 0.2) is 212 Å². The van der Waals surface area contributed by atoms with E-state index in [0.29, 0.717) is 5.82 Å². The van der Waals surface area contributed by atoms with Crippen LogP contribution < -0.4 is 0 Å². The van der Waals surface area contributed by atoms with Gasteiger partial charge in [-0.3, -0.25) is 0 Å². The van der Waals surface area contributed by atoms with Crippen LogP contribution >= 0.6 is 0 Å². The predicted octanol–water partition coefficient (Wildman–Crippen LogP) is 13.2. The zero-order valence-corrected chi connectivity index (χ0v) is 29.5. The number of benzene rings is 7. The first-order chi connectivity index (χ1) is 26.7. The first-order valence-corrected chi connectivity index (χ1v) is 18.2. The van der Waals surface area contributed by atoms with E-state index in [1.165, 1.54) is 11.1 Å². The molecular weight excluding hydrogens is 655 g/mol. The van der Waals surface area contributed by atoms with Gasteiger partial charge in [0, 0.05) is 27.8 Å². The smallest absolute Gasteiger partial charge is 0.160 e. The van der Waals surface area contributed by atoms with Crippen molar-refractivity contribution in [1.82, 2.24) is 15.0 Å². The van der Waals surface area contributed by atoms with Gasteiger partial charge in [0.05, 0.1) is 22.8 Å². The second-order valence-electron chi connectivity index (χ2n) is 13.3. The maximum absolute atomic E-state index is 5.05. The normalized spacial score (nSPS) is 11.0. The summed E-state index contributed by atoms with van der Waals surface area (Å²) in [5.41, 5.74) is 15.9. The van der Waals surface area contributed by atoms with Gasteiger partial charge in [0.15, 0.2) is 5.82 Å². The van der Waals surface area contributed by atoms with Crippen LogP contribution in [-0.2, 0) is 0 Å². The molecule has 0 amide bonds. The molecule has 0 spiro atoms. The largest absolute Gasteiger partial charge is 0.248 e. The van der Waals surface area contributed by atoms with E-state index in [1.54, 1.807) is 0 Å². The highest BCUT2D eigenvalue weighted by Gasteiger charge is 2.13. The quantitative estimate of drug-likeness (QED) is 0.159. The van der Waals surface area contributed by atoms with E-state index in [9.17, 15) is 0 Å². The Hall–Kier alpha value is -7.23. The van der Waals surface area contributed by atoms with Gasteiger partial charge >= 0.3 is 0 Å². The SMILES string of the molecule is c1ccc(-c2cc(-c3ccc(-c4ccc(-c5cccc(-c6cc(-c7ccccc7)nc(-c7ccccc7)n6)c5)cc4)cc3)cc(-c3ccccc3)n2)cc1. The lowest BCUT2D eigenvalue weighted by atomic mass is 9.96. The molecule has 0 unspecified atom stereocenters.